The zero-order valence-electron chi connectivity index (χ0n) is 14.1. The van der Waals surface area contributed by atoms with E-state index in [-0.39, 0.29) is 24.0 Å². The third-order valence-corrected chi connectivity index (χ3v) is 3.83. The van der Waals surface area contributed by atoms with Crippen LogP contribution in [0.4, 0.5) is 8.78 Å². The zero-order valence-corrected chi connectivity index (χ0v) is 14.1. The van der Waals surface area contributed by atoms with Gasteiger partial charge in [-0.05, 0) is 31.0 Å². The van der Waals surface area contributed by atoms with Gasteiger partial charge < -0.3 is 19.2 Å². The summed E-state index contributed by atoms with van der Waals surface area (Å²) in [5.41, 5.74) is 0.570. The van der Waals surface area contributed by atoms with Crippen molar-refractivity contribution in [2.45, 2.75) is 32.3 Å². The number of carbonyl (C=O) groups is 1. The number of alkyl halides is 2. The molecule has 0 saturated carbocycles. The summed E-state index contributed by atoms with van der Waals surface area (Å²) in [4.78, 5) is 18.9. The van der Waals surface area contributed by atoms with E-state index in [1.807, 2.05) is 0 Å². The minimum atomic E-state index is -2.93. The molecule has 6 nitrogen and oxygen atoms in total. The summed E-state index contributed by atoms with van der Waals surface area (Å²) in [6, 6.07) is 4.37. The molecule has 1 aromatic carbocycles. The molecule has 0 aliphatic carbocycles. The second kappa shape index (κ2) is 9.80. The molecule has 1 heterocycles. The Balaban J connectivity index is 1.85. The molecule has 1 aliphatic rings. The van der Waals surface area contributed by atoms with Gasteiger partial charge in [0.2, 0.25) is 0 Å². The molecule has 1 aromatic rings. The maximum Gasteiger partial charge on any atom is 0.387 e. The van der Waals surface area contributed by atoms with Gasteiger partial charge in [0.05, 0.1) is 13.3 Å². The number of nitrogens with zero attached hydrogens (tertiary/aromatic N) is 2. The van der Waals surface area contributed by atoms with Crippen LogP contribution >= 0.6 is 0 Å². The summed E-state index contributed by atoms with van der Waals surface area (Å²) >= 11 is 0. The Morgan fingerprint density at radius 2 is 1.96 bits per heavy atom. The first kappa shape index (κ1) is 19.0. The van der Waals surface area contributed by atoms with Crippen molar-refractivity contribution in [3.05, 3.63) is 23.8 Å². The lowest BCUT2D eigenvalue weighted by Gasteiger charge is -2.19. The van der Waals surface area contributed by atoms with Crippen LogP contribution in [-0.2, 0) is 9.63 Å². The van der Waals surface area contributed by atoms with Crippen LogP contribution in [0.3, 0.4) is 0 Å². The molecule has 8 heteroatoms. The third kappa shape index (κ3) is 6.21. The summed E-state index contributed by atoms with van der Waals surface area (Å²) in [5, 5.41) is 3.75. The number of methoxy groups -OCH3 is 1. The number of benzene rings is 1. The van der Waals surface area contributed by atoms with E-state index in [2.05, 4.69) is 9.89 Å². The maximum absolute atomic E-state index is 12.3. The molecular formula is C17H22F2N2O4. The van der Waals surface area contributed by atoms with E-state index in [9.17, 15) is 13.6 Å². The number of likely N-dealkylation sites (tertiary alicyclic amines) is 1. The van der Waals surface area contributed by atoms with E-state index in [0.29, 0.717) is 5.56 Å². The molecule has 25 heavy (non-hydrogen) atoms. The van der Waals surface area contributed by atoms with Crippen molar-refractivity contribution < 1.29 is 27.9 Å². The minimum absolute atomic E-state index is 0.0630. The van der Waals surface area contributed by atoms with Crippen molar-refractivity contribution in [3.63, 3.8) is 0 Å². The molecule has 1 saturated heterocycles. The lowest BCUT2D eigenvalue weighted by atomic mass is 10.2. The second-order valence-electron chi connectivity index (χ2n) is 5.59. The number of rotatable bonds is 7. The summed E-state index contributed by atoms with van der Waals surface area (Å²) in [7, 11) is 1.35. The Kier molecular flexibility index (Phi) is 7.43. The monoisotopic (exact) mass is 356 g/mol. The third-order valence-electron chi connectivity index (χ3n) is 3.83. The average Bonchev–Trinajstić information content (AvgIpc) is 2.88. The van der Waals surface area contributed by atoms with Crippen molar-refractivity contribution in [2.24, 2.45) is 5.16 Å². The number of hydrogen-bond acceptors (Lipinski definition) is 5. The second-order valence-corrected chi connectivity index (χ2v) is 5.59. The first-order chi connectivity index (χ1) is 12.1. The molecular weight excluding hydrogens is 334 g/mol. The minimum Gasteiger partial charge on any atom is -0.493 e. The number of ether oxygens (including phenoxy) is 2. The van der Waals surface area contributed by atoms with E-state index in [4.69, 9.17) is 9.57 Å². The Morgan fingerprint density at radius 1 is 1.24 bits per heavy atom. The molecule has 0 atom stereocenters. The average molecular weight is 356 g/mol. The first-order valence-corrected chi connectivity index (χ1v) is 8.16. The van der Waals surface area contributed by atoms with Crippen molar-refractivity contribution >= 4 is 12.1 Å². The van der Waals surface area contributed by atoms with E-state index < -0.39 is 6.61 Å². The zero-order chi connectivity index (χ0) is 18.1. The van der Waals surface area contributed by atoms with Gasteiger partial charge in [-0.3, -0.25) is 4.79 Å². The van der Waals surface area contributed by atoms with Crippen molar-refractivity contribution in [2.75, 3.05) is 26.8 Å². The molecule has 2 rings (SSSR count). The first-order valence-electron chi connectivity index (χ1n) is 8.16. The Bertz CT molecular complexity index is 588. The number of carbonyl (C=O) groups excluding carboxylic acids is 1. The van der Waals surface area contributed by atoms with Crippen molar-refractivity contribution in [1.29, 1.82) is 0 Å². The lowest BCUT2D eigenvalue weighted by molar-refractivity contribution is -0.136. The predicted molar refractivity (Wildman–Crippen MR) is 88.2 cm³/mol. The van der Waals surface area contributed by atoms with E-state index in [1.54, 1.807) is 4.90 Å². The van der Waals surface area contributed by atoms with Crippen LogP contribution in [0, 0.1) is 0 Å². The normalized spacial score (nSPS) is 15.3. The van der Waals surface area contributed by atoms with Gasteiger partial charge >= 0.3 is 6.61 Å². The van der Waals surface area contributed by atoms with Crippen LogP contribution in [0.5, 0.6) is 11.5 Å². The predicted octanol–water partition coefficient (Wildman–Crippen LogP) is 3.05. The summed E-state index contributed by atoms with van der Waals surface area (Å²) in [6.07, 6.45) is 5.71. The van der Waals surface area contributed by atoms with Gasteiger partial charge in [0, 0.05) is 18.7 Å². The molecule has 1 amide bonds. The van der Waals surface area contributed by atoms with E-state index in [0.717, 1.165) is 38.8 Å². The van der Waals surface area contributed by atoms with Crippen LogP contribution in [0.1, 0.15) is 31.2 Å². The van der Waals surface area contributed by atoms with Gasteiger partial charge in [-0.1, -0.05) is 18.0 Å². The summed E-state index contributed by atoms with van der Waals surface area (Å²) in [5.74, 6) is 0.00844. The highest BCUT2D eigenvalue weighted by atomic mass is 19.3. The van der Waals surface area contributed by atoms with Gasteiger partial charge in [0.15, 0.2) is 18.1 Å². The molecule has 0 unspecified atom stereocenters. The highest BCUT2D eigenvalue weighted by molar-refractivity contribution is 5.81. The van der Waals surface area contributed by atoms with Crippen molar-refractivity contribution in [1.82, 2.24) is 4.90 Å². The summed E-state index contributed by atoms with van der Waals surface area (Å²) in [6.45, 7) is -1.54. The van der Waals surface area contributed by atoms with Crippen LogP contribution < -0.4 is 9.47 Å². The standard InChI is InChI=1S/C17H22F2N2O4/c1-23-15-10-13(6-7-14(15)25-17(18)19)11-20-24-12-16(22)21-8-4-2-3-5-9-21/h6-7,10-11,17H,2-5,8-9,12H2,1H3/b20-11+. The highest BCUT2D eigenvalue weighted by Crippen LogP contribution is 2.28. The van der Waals surface area contributed by atoms with Crippen LogP contribution in [-0.4, -0.2) is 50.4 Å². The smallest absolute Gasteiger partial charge is 0.387 e. The molecule has 0 spiro atoms. The topological polar surface area (TPSA) is 60.4 Å². The quantitative estimate of drug-likeness (QED) is 0.557. The number of amides is 1. The molecule has 0 bridgehead atoms. The fourth-order valence-electron chi connectivity index (χ4n) is 2.56. The number of halogens is 2. The molecule has 1 fully saturated rings. The maximum atomic E-state index is 12.3. The number of hydrogen-bond donors (Lipinski definition) is 0. The fourth-order valence-corrected chi connectivity index (χ4v) is 2.56. The van der Waals surface area contributed by atoms with Gasteiger partial charge in [-0.2, -0.15) is 8.78 Å². The summed E-state index contributed by atoms with van der Waals surface area (Å²) < 4.78 is 33.9. The molecule has 0 radical (unpaired) electrons. The van der Waals surface area contributed by atoms with Gasteiger partial charge in [0.1, 0.15) is 0 Å². The molecule has 138 valence electrons. The van der Waals surface area contributed by atoms with Crippen LogP contribution in [0.15, 0.2) is 23.4 Å². The van der Waals surface area contributed by atoms with Gasteiger partial charge in [-0.15, -0.1) is 0 Å². The Hall–Kier alpha value is -2.38. The van der Waals surface area contributed by atoms with Gasteiger partial charge in [-0.25, -0.2) is 0 Å². The number of oxime groups is 1. The van der Waals surface area contributed by atoms with Crippen LogP contribution in [0.2, 0.25) is 0 Å². The Morgan fingerprint density at radius 3 is 2.60 bits per heavy atom. The molecule has 1 aliphatic heterocycles. The largest absolute Gasteiger partial charge is 0.493 e. The van der Waals surface area contributed by atoms with Crippen molar-refractivity contribution in [3.8, 4) is 11.5 Å². The fraction of sp³-hybridized carbons (Fsp3) is 0.529. The molecule has 0 N–H and O–H groups in total. The Labute approximate surface area is 145 Å². The van der Waals surface area contributed by atoms with E-state index >= 15 is 0 Å². The van der Waals surface area contributed by atoms with Crippen LogP contribution in [0.25, 0.3) is 0 Å². The lowest BCUT2D eigenvalue weighted by Crippen LogP contribution is -2.34. The molecule has 0 aromatic heterocycles. The van der Waals surface area contributed by atoms with Gasteiger partial charge in [0.25, 0.3) is 5.91 Å². The van der Waals surface area contributed by atoms with E-state index in [1.165, 1.54) is 31.5 Å². The SMILES string of the molecule is COc1cc(/C=N/OCC(=O)N2CCCCCC2)ccc1OC(F)F. The highest BCUT2D eigenvalue weighted by Gasteiger charge is 2.15.